The molecule has 4 unspecified atom stereocenters. The Bertz CT molecular complexity index is 895. The van der Waals surface area contributed by atoms with Gasteiger partial charge in [-0.05, 0) is 43.4 Å². The van der Waals surface area contributed by atoms with Crippen molar-refractivity contribution in [3.8, 4) is 5.75 Å². The Kier molecular flexibility index (Phi) is 8.20. The van der Waals surface area contributed by atoms with E-state index < -0.39 is 36.0 Å². The summed E-state index contributed by atoms with van der Waals surface area (Å²) < 4.78 is 0. The van der Waals surface area contributed by atoms with Crippen LogP contribution >= 0.6 is 12.6 Å². The van der Waals surface area contributed by atoms with Crippen LogP contribution < -0.4 is 11.1 Å². The van der Waals surface area contributed by atoms with Gasteiger partial charge in [0.2, 0.25) is 17.7 Å². The van der Waals surface area contributed by atoms with Crippen molar-refractivity contribution in [3.05, 3.63) is 29.8 Å². The van der Waals surface area contributed by atoms with Crippen molar-refractivity contribution in [3.63, 3.8) is 0 Å². The summed E-state index contributed by atoms with van der Waals surface area (Å²) in [6, 6.07) is 2.62. The molecule has 3 amide bonds. The number of nitrogens with one attached hydrogen (secondary N) is 1. The van der Waals surface area contributed by atoms with Crippen molar-refractivity contribution in [1.29, 1.82) is 0 Å². The molecule has 3 rings (SSSR count). The average molecular weight is 479 g/mol. The number of phenolic OH excluding ortho intramolecular Hbond substituents is 1. The molecule has 5 N–H and O–H groups in total. The predicted molar refractivity (Wildman–Crippen MR) is 123 cm³/mol. The number of thiol groups is 1. The van der Waals surface area contributed by atoms with E-state index in [1.165, 1.54) is 21.9 Å². The van der Waals surface area contributed by atoms with E-state index in [1.54, 1.807) is 12.1 Å². The number of amides is 3. The van der Waals surface area contributed by atoms with Gasteiger partial charge in [-0.15, -0.1) is 0 Å². The van der Waals surface area contributed by atoms with Crippen molar-refractivity contribution in [2.24, 2.45) is 5.73 Å². The highest BCUT2D eigenvalue weighted by Crippen LogP contribution is 2.25. The zero-order valence-corrected chi connectivity index (χ0v) is 19.1. The molecule has 2 fully saturated rings. The van der Waals surface area contributed by atoms with Gasteiger partial charge in [-0.3, -0.25) is 14.4 Å². The van der Waals surface area contributed by atoms with Crippen molar-refractivity contribution in [1.82, 2.24) is 15.1 Å². The lowest BCUT2D eigenvalue weighted by molar-refractivity contribution is -0.148. The van der Waals surface area contributed by atoms with Gasteiger partial charge >= 0.3 is 5.97 Å². The van der Waals surface area contributed by atoms with E-state index in [1.807, 2.05) is 0 Å². The summed E-state index contributed by atoms with van der Waals surface area (Å²) in [5.41, 5.74) is 6.46. The Morgan fingerprint density at radius 3 is 2.27 bits per heavy atom. The fourth-order valence-corrected chi connectivity index (χ4v) is 4.56. The van der Waals surface area contributed by atoms with Gasteiger partial charge < -0.3 is 31.1 Å². The second kappa shape index (κ2) is 10.9. The number of phenols is 1. The van der Waals surface area contributed by atoms with Gasteiger partial charge in [0.25, 0.3) is 0 Å². The van der Waals surface area contributed by atoms with Gasteiger partial charge in [0.15, 0.2) is 0 Å². The van der Waals surface area contributed by atoms with Crippen molar-refractivity contribution >= 4 is 36.3 Å². The fourth-order valence-electron chi connectivity index (χ4n) is 4.41. The molecule has 4 atom stereocenters. The zero-order valence-electron chi connectivity index (χ0n) is 18.2. The number of nitrogens with two attached hydrogens (primary N) is 1. The molecule has 10 nitrogen and oxygen atoms in total. The van der Waals surface area contributed by atoms with Crippen LogP contribution in [0.3, 0.4) is 0 Å². The van der Waals surface area contributed by atoms with E-state index in [-0.39, 0.29) is 29.7 Å². The third-order valence-electron chi connectivity index (χ3n) is 6.16. The molecule has 0 saturated carbocycles. The Hall–Kier alpha value is -2.79. The van der Waals surface area contributed by atoms with Crippen LogP contribution in [0, 0.1) is 0 Å². The van der Waals surface area contributed by atoms with Gasteiger partial charge in [-0.1, -0.05) is 12.1 Å². The van der Waals surface area contributed by atoms with E-state index in [2.05, 4.69) is 17.9 Å². The topological polar surface area (TPSA) is 153 Å². The predicted octanol–water partition coefficient (Wildman–Crippen LogP) is -0.257. The quantitative estimate of drug-likeness (QED) is 0.323. The van der Waals surface area contributed by atoms with E-state index >= 15 is 0 Å². The molecule has 2 saturated heterocycles. The highest BCUT2D eigenvalue weighted by molar-refractivity contribution is 7.80. The van der Waals surface area contributed by atoms with E-state index in [0.29, 0.717) is 44.3 Å². The number of nitrogens with zero attached hydrogens (tertiary/aromatic N) is 2. The van der Waals surface area contributed by atoms with E-state index in [0.717, 1.165) is 0 Å². The first kappa shape index (κ1) is 24.8. The molecule has 2 heterocycles. The molecular weight excluding hydrogens is 448 g/mol. The second-order valence-corrected chi connectivity index (χ2v) is 8.80. The molecule has 0 aliphatic carbocycles. The van der Waals surface area contributed by atoms with Crippen LogP contribution in [0.15, 0.2) is 24.3 Å². The minimum Gasteiger partial charge on any atom is -0.508 e. The summed E-state index contributed by atoms with van der Waals surface area (Å²) >= 11 is 4.07. The standard InChI is InChI=1S/C22H30N4O6S/c23-15(12-33)20(29)26-10-2-4-18(26)21(30)25-9-1-3-17(25)19(28)24-16(22(31)32)11-13-5-7-14(27)8-6-13/h5-8,15-18,27,33H,1-4,9-12,23H2,(H,24,28)(H,31,32). The normalized spacial score (nSPS) is 22.1. The number of hydrogen-bond donors (Lipinski definition) is 5. The van der Waals surface area contributed by atoms with Crippen LogP contribution in [0.2, 0.25) is 0 Å². The van der Waals surface area contributed by atoms with Crippen LogP contribution in [0.4, 0.5) is 0 Å². The highest BCUT2D eigenvalue weighted by atomic mass is 32.1. The summed E-state index contributed by atoms with van der Waals surface area (Å²) in [7, 11) is 0. The van der Waals surface area contributed by atoms with Gasteiger partial charge in [0.1, 0.15) is 23.9 Å². The lowest BCUT2D eigenvalue weighted by Crippen LogP contribution is -2.56. The van der Waals surface area contributed by atoms with Gasteiger partial charge in [0, 0.05) is 25.3 Å². The molecule has 0 bridgehead atoms. The molecule has 0 spiro atoms. The maximum atomic E-state index is 13.3. The summed E-state index contributed by atoms with van der Waals surface area (Å²) in [5, 5.41) is 21.5. The summed E-state index contributed by atoms with van der Waals surface area (Å²) in [4.78, 5) is 53.5. The van der Waals surface area contributed by atoms with Crippen LogP contribution in [-0.2, 0) is 25.6 Å². The molecule has 0 aromatic heterocycles. The van der Waals surface area contributed by atoms with Crippen molar-refractivity contribution in [2.75, 3.05) is 18.8 Å². The minimum atomic E-state index is -1.19. The van der Waals surface area contributed by atoms with Crippen LogP contribution in [0.1, 0.15) is 31.2 Å². The van der Waals surface area contributed by atoms with Crippen molar-refractivity contribution < 1.29 is 29.4 Å². The van der Waals surface area contributed by atoms with Crippen LogP contribution in [-0.4, -0.2) is 86.7 Å². The molecule has 33 heavy (non-hydrogen) atoms. The first-order valence-corrected chi connectivity index (χ1v) is 11.6. The first-order chi connectivity index (χ1) is 15.7. The minimum absolute atomic E-state index is 0.0363. The second-order valence-electron chi connectivity index (χ2n) is 8.44. The molecule has 180 valence electrons. The van der Waals surface area contributed by atoms with Gasteiger partial charge in [-0.2, -0.15) is 12.6 Å². The Balaban J connectivity index is 1.68. The smallest absolute Gasteiger partial charge is 0.326 e. The summed E-state index contributed by atoms with van der Waals surface area (Å²) in [6.45, 7) is 0.791. The Morgan fingerprint density at radius 1 is 1.06 bits per heavy atom. The number of aromatic hydroxyl groups is 1. The Morgan fingerprint density at radius 2 is 1.67 bits per heavy atom. The average Bonchev–Trinajstić information content (AvgIpc) is 3.48. The summed E-state index contributed by atoms with van der Waals surface area (Å²) in [5.74, 6) is -2.14. The third kappa shape index (κ3) is 5.77. The largest absolute Gasteiger partial charge is 0.508 e. The summed E-state index contributed by atoms with van der Waals surface area (Å²) in [6.07, 6.45) is 2.22. The fraction of sp³-hybridized carbons (Fsp3) is 0.545. The molecule has 1 aromatic carbocycles. The zero-order chi connectivity index (χ0) is 24.1. The molecule has 11 heteroatoms. The highest BCUT2D eigenvalue weighted by Gasteiger charge is 2.43. The Labute approximate surface area is 197 Å². The number of carbonyl (C=O) groups excluding carboxylic acids is 3. The number of aliphatic carboxylic acids is 1. The van der Waals surface area contributed by atoms with Crippen LogP contribution in [0.25, 0.3) is 0 Å². The van der Waals surface area contributed by atoms with Crippen LogP contribution in [0.5, 0.6) is 5.75 Å². The van der Waals surface area contributed by atoms with Crippen molar-refractivity contribution in [2.45, 2.75) is 56.3 Å². The number of carboxylic acids is 1. The number of benzene rings is 1. The maximum absolute atomic E-state index is 13.3. The molecule has 0 radical (unpaired) electrons. The number of carboxylic acid groups (broad SMARTS) is 1. The SMILES string of the molecule is NC(CS)C(=O)N1CCCC1C(=O)N1CCCC1C(=O)NC(Cc1ccc(O)cc1)C(=O)O. The van der Waals surface area contributed by atoms with Gasteiger partial charge in [-0.25, -0.2) is 4.79 Å². The third-order valence-corrected chi connectivity index (χ3v) is 6.56. The van der Waals surface area contributed by atoms with E-state index in [9.17, 15) is 29.4 Å². The molecular formula is C22H30N4O6S. The number of rotatable bonds is 8. The lowest BCUT2D eigenvalue weighted by Gasteiger charge is -2.32. The molecule has 1 aromatic rings. The maximum Gasteiger partial charge on any atom is 0.326 e. The number of hydrogen-bond acceptors (Lipinski definition) is 7. The monoisotopic (exact) mass is 478 g/mol. The number of likely N-dealkylation sites (tertiary alicyclic amines) is 2. The molecule has 2 aliphatic heterocycles. The van der Waals surface area contributed by atoms with Gasteiger partial charge in [0.05, 0.1) is 6.04 Å². The first-order valence-electron chi connectivity index (χ1n) is 11.0. The number of carbonyl (C=O) groups is 4. The van der Waals surface area contributed by atoms with E-state index in [4.69, 9.17) is 5.73 Å². The lowest BCUT2D eigenvalue weighted by atomic mass is 10.0. The molecule has 2 aliphatic rings.